The van der Waals surface area contributed by atoms with Crippen LogP contribution in [0, 0.1) is 5.41 Å². The lowest BCUT2D eigenvalue weighted by molar-refractivity contribution is -0.128. The smallest absolute Gasteiger partial charge is 0.227 e. The highest BCUT2D eigenvalue weighted by Gasteiger charge is 2.26. The number of nitrogens with zero attached hydrogens (tertiary/aromatic N) is 2. The van der Waals surface area contributed by atoms with Crippen LogP contribution in [-0.4, -0.2) is 37.7 Å². The summed E-state index contributed by atoms with van der Waals surface area (Å²) in [6.45, 7) is 8.95. The molecule has 0 bridgehead atoms. The monoisotopic (exact) mass is 323 g/mol. The normalized spacial score (nSPS) is 12.2. The molecule has 7 nitrogen and oxygen atoms in total. The van der Waals surface area contributed by atoms with Crippen LogP contribution < -0.4 is 16.0 Å². The molecule has 1 aromatic rings. The summed E-state index contributed by atoms with van der Waals surface area (Å²) in [5.41, 5.74) is 1.53. The fourth-order valence-electron chi connectivity index (χ4n) is 2.25. The van der Waals surface area contributed by atoms with Crippen LogP contribution in [0.3, 0.4) is 0 Å². The standard InChI is InChI=1S/C16H29N5O2/c1-7-12-11(13(8-2)23-21-12)9-19-15(18-6)20-10-16(3,4)14(22)17-5/h7-10H2,1-6H3,(H,17,22)(H2,18,19,20). The number of hydrogen-bond acceptors (Lipinski definition) is 4. The van der Waals surface area contributed by atoms with Crippen LogP contribution in [-0.2, 0) is 24.2 Å². The molecule has 0 saturated heterocycles. The molecule has 0 saturated carbocycles. The van der Waals surface area contributed by atoms with E-state index < -0.39 is 5.41 Å². The van der Waals surface area contributed by atoms with E-state index in [0.717, 1.165) is 29.9 Å². The summed E-state index contributed by atoms with van der Waals surface area (Å²) in [5.74, 6) is 1.53. The SMILES string of the molecule is CCc1noc(CC)c1CNC(=NC)NCC(C)(C)C(=O)NC. The minimum Gasteiger partial charge on any atom is -0.361 e. The molecular weight excluding hydrogens is 294 g/mol. The number of aryl methyl sites for hydroxylation is 2. The van der Waals surface area contributed by atoms with Crippen LogP contribution in [0.5, 0.6) is 0 Å². The number of carbonyl (C=O) groups is 1. The molecule has 7 heteroatoms. The number of aromatic nitrogens is 1. The van der Waals surface area contributed by atoms with Crippen molar-refractivity contribution < 1.29 is 9.32 Å². The van der Waals surface area contributed by atoms with Crippen LogP contribution in [0.25, 0.3) is 0 Å². The second-order valence-electron chi connectivity index (χ2n) is 5.98. The first-order valence-electron chi connectivity index (χ1n) is 8.02. The molecule has 1 heterocycles. The van der Waals surface area contributed by atoms with E-state index in [2.05, 4.69) is 33.0 Å². The molecule has 1 rings (SSSR count). The summed E-state index contributed by atoms with van der Waals surface area (Å²) in [6, 6.07) is 0. The molecule has 0 aliphatic rings. The van der Waals surface area contributed by atoms with Gasteiger partial charge in [0.15, 0.2) is 5.96 Å². The first-order chi connectivity index (χ1) is 10.9. The number of carbonyl (C=O) groups excluding carboxylic acids is 1. The van der Waals surface area contributed by atoms with Gasteiger partial charge in [0.1, 0.15) is 5.76 Å². The van der Waals surface area contributed by atoms with Gasteiger partial charge in [-0.3, -0.25) is 9.79 Å². The lowest BCUT2D eigenvalue weighted by Gasteiger charge is -2.24. The third-order valence-corrected chi connectivity index (χ3v) is 3.80. The second-order valence-corrected chi connectivity index (χ2v) is 5.98. The molecule has 0 aliphatic heterocycles. The average molecular weight is 323 g/mol. The van der Waals surface area contributed by atoms with Crippen molar-refractivity contribution in [3.8, 4) is 0 Å². The molecule has 0 spiro atoms. The maximum atomic E-state index is 11.8. The molecule has 0 fully saturated rings. The van der Waals surface area contributed by atoms with Gasteiger partial charge >= 0.3 is 0 Å². The Morgan fingerprint density at radius 1 is 1.26 bits per heavy atom. The Kier molecular flexibility index (Phi) is 7.06. The first kappa shape index (κ1) is 19.0. The Morgan fingerprint density at radius 3 is 2.48 bits per heavy atom. The van der Waals surface area contributed by atoms with Gasteiger partial charge in [0.2, 0.25) is 5.91 Å². The second kappa shape index (κ2) is 8.55. The van der Waals surface area contributed by atoms with Crippen molar-refractivity contribution >= 4 is 11.9 Å². The Bertz CT molecular complexity index is 527. The van der Waals surface area contributed by atoms with Crippen LogP contribution in [0.15, 0.2) is 9.52 Å². The van der Waals surface area contributed by atoms with Crippen molar-refractivity contribution in [2.75, 3.05) is 20.6 Å². The van der Waals surface area contributed by atoms with Crippen molar-refractivity contribution in [3.63, 3.8) is 0 Å². The number of rotatable bonds is 7. The summed E-state index contributed by atoms with van der Waals surface area (Å²) in [6.07, 6.45) is 1.63. The van der Waals surface area contributed by atoms with Crippen LogP contribution in [0.4, 0.5) is 0 Å². The molecular formula is C16H29N5O2. The Labute approximate surface area is 138 Å². The van der Waals surface area contributed by atoms with E-state index in [1.165, 1.54) is 0 Å². The highest BCUT2D eigenvalue weighted by Crippen LogP contribution is 2.16. The highest BCUT2D eigenvalue weighted by molar-refractivity contribution is 5.84. The van der Waals surface area contributed by atoms with Gasteiger partial charge in [-0.05, 0) is 20.3 Å². The zero-order valence-electron chi connectivity index (χ0n) is 15.0. The van der Waals surface area contributed by atoms with Gasteiger partial charge < -0.3 is 20.5 Å². The molecule has 0 atom stereocenters. The van der Waals surface area contributed by atoms with Crippen LogP contribution in [0.1, 0.15) is 44.7 Å². The average Bonchev–Trinajstić information content (AvgIpc) is 2.96. The highest BCUT2D eigenvalue weighted by atomic mass is 16.5. The minimum atomic E-state index is -0.521. The van der Waals surface area contributed by atoms with E-state index in [1.807, 2.05) is 20.8 Å². The lowest BCUT2D eigenvalue weighted by atomic mass is 9.92. The predicted molar refractivity (Wildman–Crippen MR) is 91.3 cm³/mol. The summed E-state index contributed by atoms with van der Waals surface area (Å²) in [7, 11) is 3.35. The maximum absolute atomic E-state index is 11.8. The summed E-state index contributed by atoms with van der Waals surface area (Å²) in [5, 5.41) is 13.2. The van der Waals surface area contributed by atoms with Gasteiger partial charge in [0, 0.05) is 39.2 Å². The molecule has 0 unspecified atom stereocenters. The molecule has 0 radical (unpaired) electrons. The fraction of sp³-hybridized carbons (Fsp3) is 0.688. The largest absolute Gasteiger partial charge is 0.361 e. The van der Waals surface area contributed by atoms with Crippen molar-refractivity contribution in [1.82, 2.24) is 21.1 Å². The van der Waals surface area contributed by atoms with Crippen LogP contribution in [0.2, 0.25) is 0 Å². The van der Waals surface area contributed by atoms with E-state index in [4.69, 9.17) is 4.52 Å². The van der Waals surface area contributed by atoms with E-state index in [-0.39, 0.29) is 5.91 Å². The summed E-state index contributed by atoms with van der Waals surface area (Å²) in [4.78, 5) is 16.0. The van der Waals surface area contributed by atoms with Crippen molar-refractivity contribution in [2.24, 2.45) is 10.4 Å². The zero-order chi connectivity index (χ0) is 17.5. The van der Waals surface area contributed by atoms with Gasteiger partial charge in [-0.25, -0.2) is 0 Å². The molecule has 0 aliphatic carbocycles. The molecule has 1 aromatic heterocycles. The third-order valence-electron chi connectivity index (χ3n) is 3.80. The fourth-order valence-corrected chi connectivity index (χ4v) is 2.25. The molecule has 1 amide bonds. The predicted octanol–water partition coefficient (Wildman–Crippen LogP) is 1.24. The van der Waals surface area contributed by atoms with Gasteiger partial charge in [0.05, 0.1) is 11.1 Å². The minimum absolute atomic E-state index is 0.0129. The van der Waals surface area contributed by atoms with E-state index in [0.29, 0.717) is 19.0 Å². The van der Waals surface area contributed by atoms with E-state index in [1.54, 1.807) is 14.1 Å². The quantitative estimate of drug-likeness (QED) is 0.519. The number of hydrogen-bond donors (Lipinski definition) is 3. The molecule has 23 heavy (non-hydrogen) atoms. The van der Waals surface area contributed by atoms with Crippen molar-refractivity contribution in [2.45, 2.75) is 47.1 Å². The van der Waals surface area contributed by atoms with Gasteiger partial charge in [0.25, 0.3) is 0 Å². The number of guanidine groups is 1. The first-order valence-corrected chi connectivity index (χ1v) is 8.02. The van der Waals surface area contributed by atoms with Gasteiger partial charge in [-0.1, -0.05) is 19.0 Å². The summed E-state index contributed by atoms with van der Waals surface area (Å²) < 4.78 is 5.36. The van der Waals surface area contributed by atoms with Crippen molar-refractivity contribution in [1.29, 1.82) is 0 Å². The van der Waals surface area contributed by atoms with E-state index >= 15 is 0 Å². The molecule has 130 valence electrons. The molecule has 0 aromatic carbocycles. The Balaban J connectivity index is 2.65. The summed E-state index contributed by atoms with van der Waals surface area (Å²) >= 11 is 0. The Hall–Kier alpha value is -2.05. The van der Waals surface area contributed by atoms with E-state index in [9.17, 15) is 4.79 Å². The number of nitrogens with one attached hydrogen (secondary N) is 3. The number of amides is 1. The number of aliphatic imine (C=N–C) groups is 1. The Morgan fingerprint density at radius 2 is 1.96 bits per heavy atom. The van der Waals surface area contributed by atoms with Gasteiger partial charge in [-0.15, -0.1) is 0 Å². The lowest BCUT2D eigenvalue weighted by Crippen LogP contribution is -2.47. The maximum Gasteiger partial charge on any atom is 0.227 e. The third kappa shape index (κ3) is 4.97. The van der Waals surface area contributed by atoms with Gasteiger partial charge in [-0.2, -0.15) is 0 Å². The topological polar surface area (TPSA) is 91.6 Å². The van der Waals surface area contributed by atoms with Crippen LogP contribution >= 0.6 is 0 Å². The molecule has 3 N–H and O–H groups in total. The van der Waals surface area contributed by atoms with Crippen molar-refractivity contribution in [3.05, 3.63) is 17.0 Å². The zero-order valence-corrected chi connectivity index (χ0v) is 15.0.